The summed E-state index contributed by atoms with van der Waals surface area (Å²) in [6.45, 7) is 4.10. The van der Waals surface area contributed by atoms with Crippen LogP contribution in [0.2, 0.25) is 0 Å². The third kappa shape index (κ3) is 10.2. The predicted octanol–water partition coefficient (Wildman–Crippen LogP) is 3.77. The minimum Gasteiger partial charge on any atom is -0.456 e. The van der Waals surface area contributed by atoms with Crippen LogP contribution in [0.3, 0.4) is 0 Å². The number of carbonyl (C=O) groups excluding carboxylic acids is 1. The van der Waals surface area contributed by atoms with Gasteiger partial charge in [-0.25, -0.2) is 4.79 Å². The minimum atomic E-state index is -0.378. The molecule has 98 valence electrons. The number of halogens is 1. The molecule has 0 bridgehead atoms. The number of rotatable bonds is 1. The van der Waals surface area contributed by atoms with E-state index >= 15 is 0 Å². The average Bonchev–Trinajstić information content (AvgIpc) is 2.56. The molecule has 0 unspecified atom stereocenters. The number of carbonyl (C=O) groups is 1. The summed E-state index contributed by atoms with van der Waals surface area (Å²) < 4.78 is 4.75. The molecule has 0 aliphatic heterocycles. The van der Waals surface area contributed by atoms with E-state index in [4.69, 9.17) is 16.3 Å². The second-order valence-electron chi connectivity index (χ2n) is 3.95. The second-order valence-corrected chi connectivity index (χ2v) is 4.48. The summed E-state index contributed by atoms with van der Waals surface area (Å²) in [5.41, 5.74) is 0. The first kappa shape index (κ1) is 16.3. The van der Waals surface area contributed by atoms with Gasteiger partial charge in [-0.05, 0) is 19.8 Å². The standard InChI is InChI=1S/C12H18O2.C2H5Cl/c1-2-14-12(13)10-9-11-7-5-3-4-6-8-11;1-2-3/h11H,2-8H2,1H3;2H2,1H3. The van der Waals surface area contributed by atoms with Gasteiger partial charge in [0.25, 0.3) is 0 Å². The van der Waals surface area contributed by atoms with Gasteiger partial charge in [-0.2, -0.15) is 0 Å². The van der Waals surface area contributed by atoms with Crippen molar-refractivity contribution in [1.29, 1.82) is 0 Å². The lowest BCUT2D eigenvalue weighted by Crippen LogP contribution is -2.01. The lowest BCUT2D eigenvalue weighted by atomic mass is 10.0. The normalized spacial score (nSPS) is 15.7. The maximum absolute atomic E-state index is 11.0. The Labute approximate surface area is 110 Å². The molecule has 0 saturated heterocycles. The topological polar surface area (TPSA) is 26.3 Å². The predicted molar refractivity (Wildman–Crippen MR) is 72.0 cm³/mol. The van der Waals surface area contributed by atoms with Crippen molar-refractivity contribution in [2.75, 3.05) is 12.5 Å². The molecule has 1 aliphatic carbocycles. The Morgan fingerprint density at radius 3 is 2.24 bits per heavy atom. The highest BCUT2D eigenvalue weighted by atomic mass is 35.5. The van der Waals surface area contributed by atoms with Crippen molar-refractivity contribution in [1.82, 2.24) is 0 Å². The highest BCUT2D eigenvalue weighted by molar-refractivity contribution is 6.17. The fraction of sp³-hybridized carbons (Fsp3) is 0.786. The molecule has 0 aromatic carbocycles. The highest BCUT2D eigenvalue weighted by Crippen LogP contribution is 2.21. The van der Waals surface area contributed by atoms with E-state index in [1.807, 2.05) is 6.92 Å². The fourth-order valence-electron chi connectivity index (χ4n) is 1.75. The largest absolute Gasteiger partial charge is 0.456 e. The van der Waals surface area contributed by atoms with E-state index in [2.05, 4.69) is 11.8 Å². The number of hydrogen-bond acceptors (Lipinski definition) is 2. The molecule has 0 spiro atoms. The van der Waals surface area contributed by atoms with Gasteiger partial charge < -0.3 is 4.74 Å². The van der Waals surface area contributed by atoms with Gasteiger partial charge >= 0.3 is 5.97 Å². The first-order valence-corrected chi connectivity index (χ1v) is 7.02. The Bertz CT molecular complexity index is 245. The average molecular weight is 259 g/mol. The molecular formula is C14H23ClO2. The zero-order chi connectivity index (χ0) is 12.9. The van der Waals surface area contributed by atoms with E-state index in [-0.39, 0.29) is 5.97 Å². The van der Waals surface area contributed by atoms with Crippen molar-refractivity contribution in [3.63, 3.8) is 0 Å². The second kappa shape index (κ2) is 11.8. The Balaban J connectivity index is 0.000000770. The number of alkyl halides is 1. The summed E-state index contributed by atoms with van der Waals surface area (Å²) in [5.74, 6) is 6.35. The van der Waals surface area contributed by atoms with E-state index in [0.717, 1.165) is 18.7 Å². The summed E-state index contributed by atoms with van der Waals surface area (Å²) in [4.78, 5) is 11.0. The van der Waals surface area contributed by atoms with Gasteiger partial charge in [-0.15, -0.1) is 11.6 Å². The van der Waals surface area contributed by atoms with E-state index < -0.39 is 0 Å². The Kier molecular flexibility index (Phi) is 11.3. The lowest BCUT2D eigenvalue weighted by molar-refractivity contribution is -0.136. The van der Waals surface area contributed by atoms with Gasteiger partial charge in [0.2, 0.25) is 0 Å². The molecule has 0 N–H and O–H groups in total. The van der Waals surface area contributed by atoms with Gasteiger partial charge in [-0.1, -0.05) is 38.5 Å². The molecule has 0 heterocycles. The molecule has 0 radical (unpaired) electrons. The van der Waals surface area contributed by atoms with Crippen molar-refractivity contribution >= 4 is 17.6 Å². The third-order valence-electron chi connectivity index (χ3n) is 2.51. The van der Waals surface area contributed by atoms with Crippen molar-refractivity contribution in [2.24, 2.45) is 5.92 Å². The van der Waals surface area contributed by atoms with Crippen molar-refractivity contribution < 1.29 is 9.53 Å². The Morgan fingerprint density at radius 2 is 1.76 bits per heavy atom. The van der Waals surface area contributed by atoms with Crippen molar-refractivity contribution in [3.05, 3.63) is 0 Å². The van der Waals surface area contributed by atoms with Crippen LogP contribution in [0.25, 0.3) is 0 Å². The number of hydrogen-bond donors (Lipinski definition) is 0. The van der Waals surface area contributed by atoms with Crippen molar-refractivity contribution in [3.8, 4) is 11.8 Å². The zero-order valence-electron chi connectivity index (χ0n) is 10.9. The molecule has 17 heavy (non-hydrogen) atoms. The molecule has 1 aliphatic rings. The maximum atomic E-state index is 11.0. The van der Waals surface area contributed by atoms with E-state index in [0.29, 0.717) is 12.5 Å². The fourth-order valence-corrected chi connectivity index (χ4v) is 1.75. The van der Waals surface area contributed by atoms with Crippen molar-refractivity contribution in [2.45, 2.75) is 52.4 Å². The van der Waals surface area contributed by atoms with Crippen LogP contribution >= 0.6 is 11.6 Å². The van der Waals surface area contributed by atoms with Crippen LogP contribution in [0.4, 0.5) is 0 Å². The number of ether oxygens (including phenoxy) is 1. The number of esters is 1. The SMILES string of the molecule is CCCl.CCOC(=O)C#CC1CCCCCC1. The van der Waals surface area contributed by atoms with Gasteiger partial charge in [0.15, 0.2) is 0 Å². The third-order valence-corrected chi connectivity index (χ3v) is 2.51. The summed E-state index contributed by atoms with van der Waals surface area (Å²) in [7, 11) is 0. The Hall–Kier alpha value is -0.680. The van der Waals surface area contributed by atoms with Crippen LogP contribution in [-0.4, -0.2) is 18.5 Å². The van der Waals surface area contributed by atoms with Gasteiger partial charge in [0.1, 0.15) is 0 Å². The molecule has 0 aromatic heterocycles. The van der Waals surface area contributed by atoms with Crippen LogP contribution < -0.4 is 0 Å². The summed E-state index contributed by atoms with van der Waals surface area (Å²) in [5, 5.41) is 0. The summed E-state index contributed by atoms with van der Waals surface area (Å²) in [6.07, 6.45) is 7.43. The minimum absolute atomic E-state index is 0.378. The quantitative estimate of drug-likeness (QED) is 0.235. The van der Waals surface area contributed by atoms with Gasteiger partial charge in [0, 0.05) is 17.7 Å². The maximum Gasteiger partial charge on any atom is 0.384 e. The molecular weight excluding hydrogens is 236 g/mol. The van der Waals surface area contributed by atoms with E-state index in [1.54, 1.807) is 6.92 Å². The highest BCUT2D eigenvalue weighted by Gasteiger charge is 2.09. The molecule has 1 rings (SSSR count). The van der Waals surface area contributed by atoms with E-state index in [9.17, 15) is 4.79 Å². The smallest absolute Gasteiger partial charge is 0.384 e. The molecule has 2 nitrogen and oxygen atoms in total. The van der Waals surface area contributed by atoms with Crippen LogP contribution in [0.5, 0.6) is 0 Å². The zero-order valence-corrected chi connectivity index (χ0v) is 11.7. The van der Waals surface area contributed by atoms with Gasteiger partial charge in [-0.3, -0.25) is 0 Å². The molecule has 0 atom stereocenters. The van der Waals surface area contributed by atoms with Gasteiger partial charge in [0.05, 0.1) is 6.61 Å². The first-order chi connectivity index (χ1) is 8.24. The lowest BCUT2D eigenvalue weighted by Gasteiger charge is -2.03. The van der Waals surface area contributed by atoms with Crippen LogP contribution in [0.15, 0.2) is 0 Å². The van der Waals surface area contributed by atoms with E-state index in [1.165, 1.54) is 25.7 Å². The molecule has 1 saturated carbocycles. The Morgan fingerprint density at radius 1 is 1.24 bits per heavy atom. The molecule has 1 fully saturated rings. The molecule has 0 aromatic rings. The first-order valence-electron chi connectivity index (χ1n) is 6.48. The monoisotopic (exact) mass is 258 g/mol. The summed E-state index contributed by atoms with van der Waals surface area (Å²) >= 11 is 5.00. The van der Waals surface area contributed by atoms with Crippen LogP contribution in [0, 0.1) is 17.8 Å². The van der Waals surface area contributed by atoms with Crippen LogP contribution in [-0.2, 0) is 9.53 Å². The molecule has 3 heteroatoms. The van der Waals surface area contributed by atoms with Crippen LogP contribution in [0.1, 0.15) is 52.4 Å². The summed E-state index contributed by atoms with van der Waals surface area (Å²) in [6, 6.07) is 0. The molecule has 0 amide bonds.